The Morgan fingerprint density at radius 1 is 1.22 bits per heavy atom. The number of benzene rings is 1. The van der Waals surface area contributed by atoms with Crippen molar-refractivity contribution in [2.75, 3.05) is 7.11 Å². The molecule has 0 N–H and O–H groups in total. The number of carbonyl (C=O) groups excluding carboxylic acids is 1. The molecule has 0 heterocycles. The standard InChI is InChI=1S/C15H21FO2/c1-3-4-5-6-7-10-13(17)15-12(16)9-8-11-14(15)18-2/h8-9,11H,3-7,10H2,1-2H3. The van der Waals surface area contributed by atoms with Gasteiger partial charge in [-0.2, -0.15) is 0 Å². The zero-order valence-electron chi connectivity index (χ0n) is 11.2. The third-order valence-electron chi connectivity index (χ3n) is 2.98. The summed E-state index contributed by atoms with van der Waals surface area (Å²) in [4.78, 5) is 12.0. The van der Waals surface area contributed by atoms with Crippen molar-refractivity contribution < 1.29 is 13.9 Å². The molecule has 0 radical (unpaired) electrons. The summed E-state index contributed by atoms with van der Waals surface area (Å²) in [6, 6.07) is 4.46. The van der Waals surface area contributed by atoms with Gasteiger partial charge in [0.05, 0.1) is 12.7 Å². The molecule has 0 spiro atoms. The van der Waals surface area contributed by atoms with Crippen LogP contribution in [0.3, 0.4) is 0 Å². The molecule has 3 heteroatoms. The molecule has 0 fully saturated rings. The first kappa shape index (κ1) is 14.7. The highest BCUT2D eigenvalue weighted by atomic mass is 19.1. The minimum absolute atomic E-state index is 0.0930. The number of rotatable bonds is 8. The molecule has 0 unspecified atom stereocenters. The zero-order valence-corrected chi connectivity index (χ0v) is 11.2. The Morgan fingerprint density at radius 3 is 2.61 bits per heavy atom. The molecule has 0 amide bonds. The molecule has 0 atom stereocenters. The summed E-state index contributed by atoms with van der Waals surface area (Å²) in [7, 11) is 1.45. The fraction of sp³-hybridized carbons (Fsp3) is 0.533. The van der Waals surface area contributed by atoms with Crippen LogP contribution >= 0.6 is 0 Å². The number of halogens is 1. The highest BCUT2D eigenvalue weighted by Gasteiger charge is 2.16. The highest BCUT2D eigenvalue weighted by molar-refractivity contribution is 5.98. The summed E-state index contributed by atoms with van der Waals surface area (Å²) in [5, 5.41) is 0. The van der Waals surface area contributed by atoms with Gasteiger partial charge >= 0.3 is 0 Å². The quantitative estimate of drug-likeness (QED) is 0.507. The van der Waals surface area contributed by atoms with E-state index < -0.39 is 5.82 Å². The van der Waals surface area contributed by atoms with Crippen LogP contribution in [-0.2, 0) is 0 Å². The van der Waals surface area contributed by atoms with E-state index in [4.69, 9.17) is 4.74 Å². The van der Waals surface area contributed by atoms with E-state index in [1.54, 1.807) is 12.1 Å². The van der Waals surface area contributed by atoms with Gasteiger partial charge in [0.25, 0.3) is 0 Å². The molecule has 1 aromatic carbocycles. The van der Waals surface area contributed by atoms with Crippen molar-refractivity contribution in [3.8, 4) is 5.75 Å². The van der Waals surface area contributed by atoms with Gasteiger partial charge in [0, 0.05) is 6.42 Å². The van der Waals surface area contributed by atoms with E-state index in [2.05, 4.69) is 6.92 Å². The number of unbranched alkanes of at least 4 members (excludes halogenated alkanes) is 4. The Kier molecular flexibility index (Phi) is 6.40. The normalized spacial score (nSPS) is 10.4. The van der Waals surface area contributed by atoms with Crippen LogP contribution in [0.2, 0.25) is 0 Å². The molecule has 0 aromatic heterocycles. The number of ketones is 1. The molecule has 0 saturated heterocycles. The average molecular weight is 252 g/mol. The van der Waals surface area contributed by atoms with Gasteiger partial charge in [0.2, 0.25) is 0 Å². The Morgan fingerprint density at radius 2 is 1.94 bits per heavy atom. The van der Waals surface area contributed by atoms with Crippen LogP contribution in [0.5, 0.6) is 5.75 Å². The van der Waals surface area contributed by atoms with Gasteiger partial charge in [-0.05, 0) is 18.6 Å². The molecule has 100 valence electrons. The Labute approximate surface area is 108 Å². The molecule has 18 heavy (non-hydrogen) atoms. The predicted octanol–water partition coefficient (Wildman–Crippen LogP) is 4.38. The van der Waals surface area contributed by atoms with Crippen molar-refractivity contribution in [3.63, 3.8) is 0 Å². The van der Waals surface area contributed by atoms with Crippen LogP contribution in [0, 0.1) is 5.82 Å². The minimum Gasteiger partial charge on any atom is -0.496 e. The van der Waals surface area contributed by atoms with E-state index in [1.165, 1.54) is 26.0 Å². The summed E-state index contributed by atoms with van der Waals surface area (Å²) in [5.74, 6) is -0.331. The third kappa shape index (κ3) is 4.13. The van der Waals surface area contributed by atoms with Crippen molar-refractivity contribution >= 4 is 5.78 Å². The second-order valence-electron chi connectivity index (χ2n) is 4.40. The first-order chi connectivity index (χ1) is 8.70. The lowest BCUT2D eigenvalue weighted by molar-refractivity contribution is 0.0972. The van der Waals surface area contributed by atoms with Crippen molar-refractivity contribution in [2.45, 2.75) is 45.4 Å². The monoisotopic (exact) mass is 252 g/mol. The first-order valence-electron chi connectivity index (χ1n) is 6.56. The van der Waals surface area contributed by atoms with Gasteiger partial charge in [-0.3, -0.25) is 4.79 Å². The van der Waals surface area contributed by atoms with Gasteiger partial charge in [-0.15, -0.1) is 0 Å². The maximum atomic E-state index is 13.6. The van der Waals surface area contributed by atoms with Gasteiger partial charge in [-0.25, -0.2) is 4.39 Å². The molecule has 1 rings (SSSR count). The van der Waals surface area contributed by atoms with Crippen LogP contribution in [0.1, 0.15) is 55.8 Å². The molecule has 1 aromatic rings. The number of Topliss-reactive ketones (excluding diaryl/α,β-unsaturated/α-hetero) is 1. The van der Waals surface area contributed by atoms with Gasteiger partial charge in [0.15, 0.2) is 5.78 Å². The minimum atomic E-state index is -0.493. The van der Waals surface area contributed by atoms with Crippen LogP contribution in [0.25, 0.3) is 0 Å². The molecule has 0 bridgehead atoms. The van der Waals surface area contributed by atoms with Gasteiger partial charge in [0.1, 0.15) is 11.6 Å². The van der Waals surface area contributed by atoms with Crippen LogP contribution in [0.4, 0.5) is 4.39 Å². The third-order valence-corrected chi connectivity index (χ3v) is 2.98. The molecule has 0 aliphatic heterocycles. The van der Waals surface area contributed by atoms with Crippen molar-refractivity contribution in [1.29, 1.82) is 0 Å². The zero-order chi connectivity index (χ0) is 13.4. The Bertz CT molecular complexity index is 388. The second-order valence-corrected chi connectivity index (χ2v) is 4.40. The number of carbonyl (C=O) groups is 1. The van der Waals surface area contributed by atoms with Crippen LogP contribution < -0.4 is 4.74 Å². The summed E-state index contributed by atoms with van der Waals surface area (Å²) < 4.78 is 18.6. The summed E-state index contributed by atoms with van der Waals surface area (Å²) >= 11 is 0. The van der Waals surface area contributed by atoms with Crippen molar-refractivity contribution in [1.82, 2.24) is 0 Å². The van der Waals surface area contributed by atoms with Crippen molar-refractivity contribution in [3.05, 3.63) is 29.6 Å². The predicted molar refractivity (Wildman–Crippen MR) is 70.7 cm³/mol. The Balaban J connectivity index is 2.56. The smallest absolute Gasteiger partial charge is 0.169 e. The SMILES string of the molecule is CCCCCCCC(=O)c1c(F)cccc1OC. The van der Waals surface area contributed by atoms with Gasteiger partial charge < -0.3 is 4.74 Å². The van der Waals surface area contributed by atoms with E-state index in [1.807, 2.05) is 0 Å². The molecule has 0 aliphatic rings. The molecule has 0 aliphatic carbocycles. The molecule has 0 saturated carbocycles. The van der Waals surface area contributed by atoms with E-state index in [0.29, 0.717) is 12.2 Å². The van der Waals surface area contributed by atoms with E-state index in [0.717, 1.165) is 19.3 Å². The fourth-order valence-electron chi connectivity index (χ4n) is 1.96. The second kappa shape index (κ2) is 7.85. The first-order valence-corrected chi connectivity index (χ1v) is 6.56. The maximum absolute atomic E-state index is 13.6. The average Bonchev–Trinajstić information content (AvgIpc) is 2.37. The van der Waals surface area contributed by atoms with E-state index >= 15 is 0 Å². The molecular weight excluding hydrogens is 231 g/mol. The topological polar surface area (TPSA) is 26.3 Å². The number of hydrogen-bond acceptors (Lipinski definition) is 2. The maximum Gasteiger partial charge on any atom is 0.169 e. The lowest BCUT2D eigenvalue weighted by atomic mass is 10.0. The number of ether oxygens (including phenoxy) is 1. The van der Waals surface area contributed by atoms with Gasteiger partial charge in [-0.1, -0.05) is 38.7 Å². The lowest BCUT2D eigenvalue weighted by Crippen LogP contribution is -2.05. The fourth-order valence-corrected chi connectivity index (χ4v) is 1.96. The number of hydrogen-bond donors (Lipinski definition) is 0. The lowest BCUT2D eigenvalue weighted by Gasteiger charge is -2.08. The summed E-state index contributed by atoms with van der Waals surface area (Å²) in [5.41, 5.74) is 0.0930. The number of methoxy groups -OCH3 is 1. The largest absolute Gasteiger partial charge is 0.496 e. The molecular formula is C15H21FO2. The highest BCUT2D eigenvalue weighted by Crippen LogP contribution is 2.23. The van der Waals surface area contributed by atoms with Crippen LogP contribution in [0.15, 0.2) is 18.2 Å². The Hall–Kier alpha value is -1.38. The van der Waals surface area contributed by atoms with Crippen molar-refractivity contribution in [2.24, 2.45) is 0 Å². The summed E-state index contributed by atoms with van der Waals surface area (Å²) in [6.45, 7) is 2.15. The summed E-state index contributed by atoms with van der Waals surface area (Å²) in [6.07, 6.45) is 5.73. The van der Waals surface area contributed by atoms with E-state index in [-0.39, 0.29) is 11.3 Å². The van der Waals surface area contributed by atoms with E-state index in [9.17, 15) is 9.18 Å². The molecule has 2 nitrogen and oxygen atoms in total. The van der Waals surface area contributed by atoms with Crippen LogP contribution in [-0.4, -0.2) is 12.9 Å².